The zero-order valence-electron chi connectivity index (χ0n) is 14.2. The Bertz CT molecular complexity index is 878. The van der Waals surface area contributed by atoms with Gasteiger partial charge in [-0.1, -0.05) is 18.2 Å². The molecule has 25 heavy (non-hydrogen) atoms. The van der Waals surface area contributed by atoms with Crippen molar-refractivity contribution in [3.63, 3.8) is 0 Å². The number of sulfone groups is 1. The van der Waals surface area contributed by atoms with Gasteiger partial charge in [0.25, 0.3) is 0 Å². The van der Waals surface area contributed by atoms with Crippen LogP contribution >= 0.6 is 0 Å². The van der Waals surface area contributed by atoms with Crippen molar-refractivity contribution in [3.8, 4) is 16.9 Å². The zero-order chi connectivity index (χ0) is 17.4. The summed E-state index contributed by atoms with van der Waals surface area (Å²) < 4.78 is 29.2. The van der Waals surface area contributed by atoms with Gasteiger partial charge in [0.05, 0.1) is 17.2 Å². The third-order valence-electron chi connectivity index (χ3n) is 4.94. The van der Waals surface area contributed by atoms with Gasteiger partial charge in [-0.2, -0.15) is 0 Å². The molecule has 5 nitrogen and oxygen atoms in total. The fraction of sp³-hybridized carbons (Fsp3) is 0.368. The van der Waals surface area contributed by atoms with E-state index in [1.54, 1.807) is 12.1 Å². The fourth-order valence-electron chi connectivity index (χ4n) is 3.58. The molecule has 0 amide bonds. The minimum Gasteiger partial charge on any atom is -0.491 e. The Morgan fingerprint density at radius 3 is 2.64 bits per heavy atom. The van der Waals surface area contributed by atoms with Crippen molar-refractivity contribution >= 4 is 15.5 Å². The zero-order valence-corrected chi connectivity index (χ0v) is 15.1. The normalized spacial score (nSPS) is 20.2. The second kappa shape index (κ2) is 6.35. The van der Waals surface area contributed by atoms with Crippen molar-refractivity contribution in [2.24, 2.45) is 0 Å². The van der Waals surface area contributed by atoms with Gasteiger partial charge in [-0.3, -0.25) is 0 Å². The van der Waals surface area contributed by atoms with Gasteiger partial charge in [-0.15, -0.1) is 0 Å². The van der Waals surface area contributed by atoms with E-state index in [4.69, 9.17) is 4.74 Å². The van der Waals surface area contributed by atoms with E-state index in [2.05, 4.69) is 28.4 Å². The molecule has 0 radical (unpaired) electrons. The van der Waals surface area contributed by atoms with Crippen LogP contribution in [0.3, 0.4) is 0 Å². The van der Waals surface area contributed by atoms with Crippen LogP contribution in [0.4, 0.5) is 5.69 Å². The first-order valence-corrected chi connectivity index (χ1v) is 10.5. The molecule has 0 aliphatic carbocycles. The molecule has 132 valence electrons. The van der Waals surface area contributed by atoms with Crippen LogP contribution in [0.15, 0.2) is 47.4 Å². The molecular weight excluding hydrogens is 336 g/mol. The van der Waals surface area contributed by atoms with Crippen LogP contribution in [-0.2, 0) is 9.84 Å². The van der Waals surface area contributed by atoms with Gasteiger partial charge < -0.3 is 15.0 Å². The molecule has 2 aromatic rings. The molecule has 0 unspecified atom stereocenters. The Balaban J connectivity index is 1.68. The molecule has 1 atom stereocenters. The second-order valence-electron chi connectivity index (χ2n) is 6.67. The summed E-state index contributed by atoms with van der Waals surface area (Å²) in [5.74, 6) is 0.911. The molecule has 1 N–H and O–H groups in total. The highest BCUT2D eigenvalue weighted by Crippen LogP contribution is 2.37. The maximum Gasteiger partial charge on any atom is 0.175 e. The molecular formula is C19H22N2O3S. The fourth-order valence-corrected chi connectivity index (χ4v) is 4.21. The molecule has 0 spiro atoms. The molecule has 2 aliphatic rings. The van der Waals surface area contributed by atoms with Gasteiger partial charge in [-0.05, 0) is 35.4 Å². The number of piperazine rings is 1. The van der Waals surface area contributed by atoms with E-state index in [9.17, 15) is 8.42 Å². The van der Waals surface area contributed by atoms with Crippen molar-refractivity contribution in [1.29, 1.82) is 0 Å². The van der Waals surface area contributed by atoms with E-state index in [-0.39, 0.29) is 0 Å². The van der Waals surface area contributed by atoms with Crippen LogP contribution in [0, 0.1) is 0 Å². The number of rotatable bonds is 2. The number of anilines is 1. The third-order valence-corrected chi connectivity index (χ3v) is 6.07. The van der Waals surface area contributed by atoms with Gasteiger partial charge in [0.2, 0.25) is 0 Å². The van der Waals surface area contributed by atoms with E-state index in [1.807, 2.05) is 12.1 Å². The lowest BCUT2D eigenvalue weighted by Gasteiger charge is -2.36. The van der Waals surface area contributed by atoms with Gasteiger partial charge in [-0.25, -0.2) is 8.42 Å². The van der Waals surface area contributed by atoms with E-state index >= 15 is 0 Å². The Morgan fingerprint density at radius 2 is 1.88 bits per heavy atom. The summed E-state index contributed by atoms with van der Waals surface area (Å²) >= 11 is 0. The smallest absolute Gasteiger partial charge is 0.175 e. The van der Waals surface area contributed by atoms with Gasteiger partial charge >= 0.3 is 0 Å². The molecule has 6 heteroatoms. The van der Waals surface area contributed by atoms with Gasteiger partial charge in [0.15, 0.2) is 9.84 Å². The molecule has 0 bridgehead atoms. The minimum atomic E-state index is -3.17. The molecule has 1 saturated heterocycles. The van der Waals surface area contributed by atoms with Crippen LogP contribution in [0.25, 0.3) is 11.1 Å². The Labute approximate surface area is 148 Å². The molecule has 2 aromatic carbocycles. The molecule has 2 aliphatic heterocycles. The first-order valence-electron chi connectivity index (χ1n) is 8.57. The monoisotopic (exact) mass is 358 g/mol. The number of benzene rings is 2. The third kappa shape index (κ3) is 3.24. The molecule has 4 rings (SSSR count). The number of hydrogen-bond donors (Lipinski definition) is 1. The summed E-state index contributed by atoms with van der Waals surface area (Å²) in [6.45, 7) is 3.69. The Morgan fingerprint density at radius 1 is 1.12 bits per heavy atom. The van der Waals surface area contributed by atoms with Crippen molar-refractivity contribution in [1.82, 2.24) is 5.32 Å². The highest BCUT2D eigenvalue weighted by Gasteiger charge is 2.27. The average molecular weight is 358 g/mol. The predicted octanol–water partition coefficient (Wildman–Crippen LogP) is 2.32. The largest absolute Gasteiger partial charge is 0.491 e. The standard InChI is InChI=1S/C19H22N2O3S/c1-25(22,23)17-5-2-14(3-6-17)15-4-7-18-19(12-15)24-11-8-16-13-20-9-10-21(16)18/h2-7,12,16,20H,8-11,13H2,1H3/t16-/m0/s1. The summed E-state index contributed by atoms with van der Waals surface area (Å²) in [6, 6.07) is 13.8. The van der Waals surface area contributed by atoms with E-state index < -0.39 is 9.84 Å². The average Bonchev–Trinajstić information content (AvgIpc) is 2.80. The molecule has 0 aromatic heterocycles. The van der Waals surface area contributed by atoms with E-state index in [0.29, 0.717) is 17.5 Å². The maximum atomic E-state index is 11.6. The summed E-state index contributed by atoms with van der Waals surface area (Å²) in [7, 11) is -3.17. The first kappa shape index (κ1) is 16.4. The molecule has 0 saturated carbocycles. The lowest BCUT2D eigenvalue weighted by molar-refractivity contribution is 0.304. The summed E-state index contributed by atoms with van der Waals surface area (Å²) in [4.78, 5) is 2.78. The van der Waals surface area contributed by atoms with Gasteiger partial charge in [0.1, 0.15) is 5.75 Å². The topological polar surface area (TPSA) is 58.6 Å². The number of ether oxygens (including phenoxy) is 1. The Kier molecular flexibility index (Phi) is 4.17. The quantitative estimate of drug-likeness (QED) is 0.893. The Hall–Kier alpha value is -2.05. The summed E-state index contributed by atoms with van der Waals surface area (Å²) in [6.07, 6.45) is 2.24. The van der Waals surface area contributed by atoms with Crippen LogP contribution in [0.1, 0.15) is 6.42 Å². The van der Waals surface area contributed by atoms with Crippen LogP contribution in [0.5, 0.6) is 5.75 Å². The predicted molar refractivity (Wildman–Crippen MR) is 99.1 cm³/mol. The van der Waals surface area contributed by atoms with Gasteiger partial charge in [0, 0.05) is 38.4 Å². The number of hydrogen-bond acceptors (Lipinski definition) is 5. The highest BCUT2D eigenvalue weighted by atomic mass is 32.2. The van der Waals surface area contributed by atoms with Crippen molar-refractivity contribution in [3.05, 3.63) is 42.5 Å². The number of nitrogens with one attached hydrogen (secondary N) is 1. The van der Waals surface area contributed by atoms with E-state index in [0.717, 1.165) is 48.6 Å². The maximum absolute atomic E-state index is 11.6. The minimum absolute atomic E-state index is 0.339. The molecule has 2 heterocycles. The van der Waals surface area contributed by atoms with E-state index in [1.165, 1.54) is 6.26 Å². The van der Waals surface area contributed by atoms with Crippen molar-refractivity contribution < 1.29 is 13.2 Å². The molecule has 1 fully saturated rings. The number of fused-ring (bicyclic) bond motifs is 3. The number of nitrogens with zero attached hydrogens (tertiary/aromatic N) is 1. The second-order valence-corrected chi connectivity index (χ2v) is 8.68. The van der Waals surface area contributed by atoms with Crippen LogP contribution in [0.2, 0.25) is 0 Å². The summed E-state index contributed by atoms with van der Waals surface area (Å²) in [5, 5.41) is 3.45. The van der Waals surface area contributed by atoms with Crippen molar-refractivity contribution in [2.75, 3.05) is 37.4 Å². The lowest BCUT2D eigenvalue weighted by Crippen LogP contribution is -2.51. The summed E-state index contributed by atoms with van der Waals surface area (Å²) in [5.41, 5.74) is 3.17. The highest BCUT2D eigenvalue weighted by molar-refractivity contribution is 7.90. The lowest BCUT2D eigenvalue weighted by atomic mass is 10.0. The van der Waals surface area contributed by atoms with Crippen molar-refractivity contribution in [2.45, 2.75) is 17.4 Å². The van der Waals surface area contributed by atoms with Crippen LogP contribution < -0.4 is 15.0 Å². The first-order chi connectivity index (χ1) is 12.0. The van der Waals surface area contributed by atoms with Crippen LogP contribution in [-0.4, -0.2) is 47.0 Å². The SMILES string of the molecule is CS(=O)(=O)c1ccc(-c2ccc3c(c2)OCC[C@H]2CNCCN32)cc1.